The van der Waals surface area contributed by atoms with E-state index in [-0.39, 0.29) is 12.5 Å². The molecule has 0 spiro atoms. The summed E-state index contributed by atoms with van der Waals surface area (Å²) in [5.74, 6) is -0.0844. The third kappa shape index (κ3) is 3.91. The minimum Gasteiger partial charge on any atom is -0.480 e. The number of piperazine rings is 1. The maximum atomic E-state index is 12.3. The number of carboxylic acids is 1. The van der Waals surface area contributed by atoms with Crippen LogP contribution in [-0.4, -0.2) is 78.6 Å². The molecular weight excluding hydrogens is 272 g/mol. The maximum Gasteiger partial charge on any atom is 0.317 e. The Kier molecular flexibility index (Phi) is 4.74. The lowest BCUT2D eigenvalue weighted by Crippen LogP contribution is -2.49. The summed E-state index contributed by atoms with van der Waals surface area (Å²) in [5.41, 5.74) is 0.562. The summed E-state index contributed by atoms with van der Waals surface area (Å²) in [6, 6.07) is 3.59. The van der Waals surface area contributed by atoms with Gasteiger partial charge in [0.15, 0.2) is 0 Å². The van der Waals surface area contributed by atoms with Crippen molar-refractivity contribution in [2.75, 3.05) is 51.7 Å². The van der Waals surface area contributed by atoms with E-state index in [2.05, 4.69) is 4.98 Å². The Morgan fingerprint density at radius 3 is 2.38 bits per heavy atom. The van der Waals surface area contributed by atoms with Crippen molar-refractivity contribution >= 4 is 17.7 Å². The molecule has 0 saturated carbocycles. The quantitative estimate of drug-likeness (QED) is 0.841. The molecule has 7 heteroatoms. The predicted octanol–water partition coefficient (Wildman–Crippen LogP) is -0.01000. The van der Waals surface area contributed by atoms with E-state index < -0.39 is 5.97 Å². The lowest BCUT2D eigenvalue weighted by atomic mass is 10.2. The number of amides is 1. The van der Waals surface area contributed by atoms with Crippen LogP contribution in [0, 0.1) is 0 Å². The third-order valence-corrected chi connectivity index (χ3v) is 3.47. The van der Waals surface area contributed by atoms with Crippen molar-refractivity contribution in [1.29, 1.82) is 0 Å². The molecule has 0 aromatic carbocycles. The Bertz CT molecular complexity index is 507. The van der Waals surface area contributed by atoms with Crippen molar-refractivity contribution in [1.82, 2.24) is 14.8 Å². The number of carbonyl (C=O) groups excluding carboxylic acids is 1. The van der Waals surface area contributed by atoms with Gasteiger partial charge in [-0.25, -0.2) is 4.98 Å². The van der Waals surface area contributed by atoms with E-state index in [1.165, 1.54) is 0 Å². The second kappa shape index (κ2) is 6.53. The van der Waals surface area contributed by atoms with E-state index in [9.17, 15) is 9.59 Å². The van der Waals surface area contributed by atoms with E-state index in [1.54, 1.807) is 17.2 Å². The first-order chi connectivity index (χ1) is 9.97. The van der Waals surface area contributed by atoms with Gasteiger partial charge in [-0.1, -0.05) is 0 Å². The standard InChI is InChI=1S/C14H20N4O3/c1-16(2)12-4-3-11(9-15-12)14(21)18-7-5-17(6-8-18)10-13(19)20/h3-4,9H,5-8,10H2,1-2H3,(H,19,20). The zero-order valence-electron chi connectivity index (χ0n) is 12.3. The van der Waals surface area contributed by atoms with Crippen molar-refractivity contribution in [2.24, 2.45) is 0 Å². The molecule has 1 fully saturated rings. The van der Waals surface area contributed by atoms with Crippen LogP contribution < -0.4 is 4.90 Å². The topological polar surface area (TPSA) is 77.0 Å². The molecule has 0 aliphatic carbocycles. The number of pyridine rings is 1. The van der Waals surface area contributed by atoms with E-state index in [4.69, 9.17) is 5.11 Å². The van der Waals surface area contributed by atoms with Gasteiger partial charge in [0.05, 0.1) is 12.1 Å². The minimum absolute atomic E-state index is 0.0289. The lowest BCUT2D eigenvalue weighted by Gasteiger charge is -2.33. The van der Waals surface area contributed by atoms with E-state index >= 15 is 0 Å². The Morgan fingerprint density at radius 2 is 1.90 bits per heavy atom. The molecule has 1 amide bonds. The Labute approximate surface area is 123 Å². The second-order valence-corrected chi connectivity index (χ2v) is 5.26. The molecule has 0 unspecified atom stereocenters. The molecule has 2 rings (SSSR count). The van der Waals surface area contributed by atoms with Gasteiger partial charge in [-0.2, -0.15) is 0 Å². The number of rotatable bonds is 4. The Balaban J connectivity index is 1.94. The number of carbonyl (C=O) groups is 2. The summed E-state index contributed by atoms with van der Waals surface area (Å²) in [6.45, 7) is 2.28. The van der Waals surface area contributed by atoms with Gasteiger partial charge >= 0.3 is 5.97 Å². The van der Waals surface area contributed by atoms with Crippen LogP contribution in [0.2, 0.25) is 0 Å². The fourth-order valence-corrected chi connectivity index (χ4v) is 2.26. The van der Waals surface area contributed by atoms with Crippen molar-refractivity contribution in [2.45, 2.75) is 0 Å². The molecule has 2 heterocycles. The van der Waals surface area contributed by atoms with Crippen LogP contribution in [0.5, 0.6) is 0 Å². The molecule has 1 aromatic heterocycles. The molecule has 1 saturated heterocycles. The number of carboxylic acid groups (broad SMARTS) is 1. The number of hydrogen-bond donors (Lipinski definition) is 1. The second-order valence-electron chi connectivity index (χ2n) is 5.26. The highest BCUT2D eigenvalue weighted by molar-refractivity contribution is 5.94. The van der Waals surface area contributed by atoms with Gasteiger partial charge in [-0.05, 0) is 12.1 Å². The van der Waals surface area contributed by atoms with Gasteiger partial charge in [0.25, 0.3) is 5.91 Å². The van der Waals surface area contributed by atoms with Gasteiger partial charge in [-0.3, -0.25) is 14.5 Å². The Morgan fingerprint density at radius 1 is 1.24 bits per heavy atom. The molecule has 114 valence electrons. The normalized spacial score (nSPS) is 15.8. The number of nitrogens with zero attached hydrogens (tertiary/aromatic N) is 4. The number of aliphatic carboxylic acids is 1. The average molecular weight is 292 g/mol. The molecule has 1 aromatic rings. The smallest absolute Gasteiger partial charge is 0.317 e. The summed E-state index contributed by atoms with van der Waals surface area (Å²) in [7, 11) is 3.79. The molecule has 7 nitrogen and oxygen atoms in total. The zero-order valence-corrected chi connectivity index (χ0v) is 12.3. The predicted molar refractivity (Wildman–Crippen MR) is 78.5 cm³/mol. The van der Waals surface area contributed by atoms with Crippen LogP contribution in [0.15, 0.2) is 18.3 Å². The first-order valence-corrected chi connectivity index (χ1v) is 6.84. The van der Waals surface area contributed by atoms with E-state index in [0.29, 0.717) is 31.7 Å². The highest BCUT2D eigenvalue weighted by atomic mass is 16.4. The highest BCUT2D eigenvalue weighted by Crippen LogP contribution is 2.11. The van der Waals surface area contributed by atoms with Gasteiger partial charge < -0.3 is 14.9 Å². The first-order valence-electron chi connectivity index (χ1n) is 6.84. The van der Waals surface area contributed by atoms with E-state index in [0.717, 1.165) is 5.82 Å². The molecule has 1 aliphatic rings. The maximum absolute atomic E-state index is 12.3. The largest absolute Gasteiger partial charge is 0.480 e. The molecule has 1 N–H and O–H groups in total. The van der Waals surface area contributed by atoms with Crippen molar-refractivity contribution in [3.8, 4) is 0 Å². The van der Waals surface area contributed by atoms with Crippen molar-refractivity contribution in [3.63, 3.8) is 0 Å². The first kappa shape index (κ1) is 15.2. The molecule has 21 heavy (non-hydrogen) atoms. The van der Waals surface area contributed by atoms with Gasteiger partial charge in [0.1, 0.15) is 5.82 Å². The van der Waals surface area contributed by atoms with Crippen LogP contribution >= 0.6 is 0 Å². The van der Waals surface area contributed by atoms with Crippen LogP contribution in [0.4, 0.5) is 5.82 Å². The number of hydrogen-bond acceptors (Lipinski definition) is 5. The summed E-state index contributed by atoms with van der Waals surface area (Å²) >= 11 is 0. The van der Waals surface area contributed by atoms with Crippen LogP contribution in [0.25, 0.3) is 0 Å². The lowest BCUT2D eigenvalue weighted by molar-refractivity contribution is -0.138. The molecule has 0 bridgehead atoms. The van der Waals surface area contributed by atoms with Gasteiger partial charge in [0.2, 0.25) is 0 Å². The number of aromatic nitrogens is 1. The molecule has 0 radical (unpaired) electrons. The van der Waals surface area contributed by atoms with Crippen LogP contribution in [0.3, 0.4) is 0 Å². The average Bonchev–Trinajstić information content (AvgIpc) is 2.47. The highest BCUT2D eigenvalue weighted by Gasteiger charge is 2.23. The summed E-state index contributed by atoms with van der Waals surface area (Å²) in [4.78, 5) is 32.7. The summed E-state index contributed by atoms with van der Waals surface area (Å²) in [5, 5.41) is 8.76. The van der Waals surface area contributed by atoms with Crippen LogP contribution in [0.1, 0.15) is 10.4 Å². The minimum atomic E-state index is -0.835. The monoisotopic (exact) mass is 292 g/mol. The number of anilines is 1. The SMILES string of the molecule is CN(C)c1ccc(C(=O)N2CCN(CC(=O)O)CC2)cn1. The molecule has 0 atom stereocenters. The zero-order chi connectivity index (χ0) is 15.4. The Hall–Kier alpha value is -2.15. The summed E-state index contributed by atoms with van der Waals surface area (Å²) in [6.07, 6.45) is 1.58. The fraction of sp³-hybridized carbons (Fsp3) is 0.500. The van der Waals surface area contributed by atoms with Crippen molar-refractivity contribution < 1.29 is 14.7 Å². The van der Waals surface area contributed by atoms with Gasteiger partial charge in [0, 0.05) is 46.5 Å². The molecule has 1 aliphatic heterocycles. The van der Waals surface area contributed by atoms with Gasteiger partial charge in [-0.15, -0.1) is 0 Å². The third-order valence-electron chi connectivity index (χ3n) is 3.47. The fourth-order valence-electron chi connectivity index (χ4n) is 2.26. The summed E-state index contributed by atoms with van der Waals surface area (Å²) < 4.78 is 0. The van der Waals surface area contributed by atoms with Crippen LogP contribution in [-0.2, 0) is 4.79 Å². The molecular formula is C14H20N4O3. The van der Waals surface area contributed by atoms with Crippen molar-refractivity contribution in [3.05, 3.63) is 23.9 Å². The van der Waals surface area contributed by atoms with E-state index in [1.807, 2.05) is 30.0 Å².